The number of hydrogen-bond donors (Lipinski definition) is 2. The summed E-state index contributed by atoms with van der Waals surface area (Å²) in [6.07, 6.45) is 3.53. The van der Waals surface area contributed by atoms with E-state index in [-0.39, 0.29) is 11.4 Å². The number of hydrogen-bond acceptors (Lipinski definition) is 5. The summed E-state index contributed by atoms with van der Waals surface area (Å²) in [7, 11) is 0. The fourth-order valence-corrected chi connectivity index (χ4v) is 3.20. The Morgan fingerprint density at radius 1 is 1.26 bits per heavy atom. The van der Waals surface area contributed by atoms with E-state index in [2.05, 4.69) is 36.4 Å². The van der Waals surface area contributed by atoms with E-state index in [1.165, 1.54) is 6.07 Å². The number of para-hydroxylation sites is 2. The lowest BCUT2D eigenvalue weighted by Gasteiger charge is -2.04. The monoisotopic (exact) mass is 426 g/mol. The van der Waals surface area contributed by atoms with Crippen LogP contribution in [0, 0.1) is 0 Å². The summed E-state index contributed by atoms with van der Waals surface area (Å²) in [4.78, 5) is 16.8. The zero-order chi connectivity index (χ0) is 19.0. The van der Waals surface area contributed by atoms with Crippen LogP contribution in [0.2, 0.25) is 0 Å². The second kappa shape index (κ2) is 6.84. The molecular weight excluding hydrogens is 412 g/mol. The average Bonchev–Trinajstić information content (AvgIpc) is 3.26. The van der Waals surface area contributed by atoms with Crippen LogP contribution in [-0.2, 0) is 6.54 Å². The number of carbonyl (C=O) groups excluding carboxylic acids is 1. The Kier molecular flexibility index (Phi) is 4.36. The van der Waals surface area contributed by atoms with Crippen LogP contribution in [0.1, 0.15) is 17.4 Å². The van der Waals surface area contributed by atoms with Crippen LogP contribution in [0.3, 0.4) is 0 Å². The number of aryl methyl sites for hydroxylation is 1. The Hall–Kier alpha value is -3.20. The molecule has 9 heteroatoms. The first-order valence-corrected chi connectivity index (χ1v) is 9.03. The lowest BCUT2D eigenvalue weighted by Crippen LogP contribution is -2.12. The summed E-state index contributed by atoms with van der Waals surface area (Å²) in [6.45, 7) is 2.74. The number of aromatic hydroxyl groups is 1. The summed E-state index contributed by atoms with van der Waals surface area (Å²) in [5.41, 5.74) is 2.44. The molecule has 4 aromatic rings. The molecule has 0 aliphatic carbocycles. The van der Waals surface area contributed by atoms with Gasteiger partial charge in [-0.25, -0.2) is 9.50 Å². The van der Waals surface area contributed by atoms with Gasteiger partial charge in [-0.3, -0.25) is 9.48 Å². The minimum absolute atomic E-state index is 0.0116. The van der Waals surface area contributed by atoms with Gasteiger partial charge in [0.25, 0.3) is 5.91 Å². The summed E-state index contributed by atoms with van der Waals surface area (Å²) in [5.74, 6) is -0.450. The van der Waals surface area contributed by atoms with Gasteiger partial charge >= 0.3 is 0 Å². The quantitative estimate of drug-likeness (QED) is 0.487. The number of nitrogens with zero attached hydrogens (tertiary/aromatic N) is 5. The molecule has 0 bridgehead atoms. The van der Waals surface area contributed by atoms with Gasteiger partial charge in [0.15, 0.2) is 11.3 Å². The van der Waals surface area contributed by atoms with Gasteiger partial charge < -0.3 is 10.4 Å². The number of fused-ring (bicyclic) bond motifs is 1. The Labute approximate surface area is 162 Å². The van der Waals surface area contributed by atoms with E-state index in [1.807, 2.05) is 13.1 Å². The molecule has 0 aliphatic heterocycles. The maximum atomic E-state index is 12.5. The molecule has 0 saturated carbocycles. The molecule has 0 aliphatic rings. The zero-order valence-electron chi connectivity index (χ0n) is 14.3. The number of amides is 1. The van der Waals surface area contributed by atoms with Gasteiger partial charge in [-0.1, -0.05) is 12.1 Å². The Morgan fingerprint density at radius 3 is 2.81 bits per heavy atom. The maximum absolute atomic E-state index is 12.5. The third-order valence-electron chi connectivity index (χ3n) is 4.03. The predicted octanol–water partition coefficient (Wildman–Crippen LogP) is 3.33. The average molecular weight is 427 g/mol. The maximum Gasteiger partial charge on any atom is 0.276 e. The number of benzene rings is 1. The number of carbonyl (C=O) groups is 1. The standard InChI is InChI=1S/C18H15BrN6O2/c1-2-24-10-11(19)17(23-24)14-7-8-20-16-9-13(22-25(14)16)18(27)21-12-5-3-4-6-15(12)26/h3-10,26H,2H2,1H3,(H,21,27). The summed E-state index contributed by atoms with van der Waals surface area (Å²) in [6, 6.07) is 9.89. The van der Waals surface area contributed by atoms with Crippen molar-refractivity contribution in [3.8, 4) is 17.1 Å². The lowest BCUT2D eigenvalue weighted by molar-refractivity contribution is 0.102. The van der Waals surface area contributed by atoms with Crippen molar-refractivity contribution in [2.45, 2.75) is 13.5 Å². The molecule has 0 saturated heterocycles. The number of phenolic OH excluding ortho intramolecular Hbond substituents is 1. The Bertz CT molecular complexity index is 1150. The van der Waals surface area contributed by atoms with E-state index in [0.29, 0.717) is 22.7 Å². The van der Waals surface area contributed by atoms with E-state index < -0.39 is 5.91 Å². The molecule has 136 valence electrons. The Morgan fingerprint density at radius 2 is 2.07 bits per heavy atom. The number of halogens is 1. The molecule has 0 spiro atoms. The van der Waals surface area contributed by atoms with Gasteiger partial charge in [-0.05, 0) is 41.1 Å². The van der Waals surface area contributed by atoms with Gasteiger partial charge in [0, 0.05) is 25.0 Å². The van der Waals surface area contributed by atoms with Crippen molar-refractivity contribution in [2.75, 3.05) is 5.32 Å². The predicted molar refractivity (Wildman–Crippen MR) is 104 cm³/mol. The molecule has 0 unspecified atom stereocenters. The highest BCUT2D eigenvalue weighted by atomic mass is 79.9. The van der Waals surface area contributed by atoms with Gasteiger partial charge in [0.2, 0.25) is 0 Å². The third-order valence-corrected chi connectivity index (χ3v) is 4.61. The number of aromatic nitrogens is 5. The summed E-state index contributed by atoms with van der Waals surface area (Å²) >= 11 is 3.52. The van der Waals surface area contributed by atoms with E-state index in [4.69, 9.17) is 0 Å². The smallest absolute Gasteiger partial charge is 0.276 e. The first-order chi connectivity index (χ1) is 13.1. The number of anilines is 1. The van der Waals surface area contributed by atoms with E-state index in [9.17, 15) is 9.90 Å². The second-order valence-corrected chi connectivity index (χ2v) is 6.64. The van der Waals surface area contributed by atoms with Gasteiger partial charge in [-0.15, -0.1) is 0 Å². The van der Waals surface area contributed by atoms with Crippen LogP contribution < -0.4 is 5.32 Å². The van der Waals surface area contributed by atoms with Crippen LogP contribution in [0.4, 0.5) is 5.69 Å². The van der Waals surface area contributed by atoms with Gasteiger partial charge in [-0.2, -0.15) is 10.2 Å². The van der Waals surface area contributed by atoms with Gasteiger partial charge in [0.1, 0.15) is 11.4 Å². The first kappa shape index (κ1) is 17.2. The molecule has 0 fully saturated rings. The molecule has 4 rings (SSSR count). The molecule has 3 aromatic heterocycles. The highest BCUT2D eigenvalue weighted by Crippen LogP contribution is 2.27. The zero-order valence-corrected chi connectivity index (χ0v) is 15.9. The van der Waals surface area contributed by atoms with Crippen molar-refractivity contribution < 1.29 is 9.90 Å². The topological polar surface area (TPSA) is 97.3 Å². The molecule has 0 atom stereocenters. The molecule has 8 nitrogen and oxygen atoms in total. The first-order valence-electron chi connectivity index (χ1n) is 8.24. The molecule has 2 N–H and O–H groups in total. The third kappa shape index (κ3) is 3.17. The van der Waals surface area contributed by atoms with Crippen molar-refractivity contribution in [3.05, 3.63) is 59.0 Å². The fraction of sp³-hybridized carbons (Fsp3) is 0.111. The number of phenols is 1. The highest BCUT2D eigenvalue weighted by molar-refractivity contribution is 9.10. The highest BCUT2D eigenvalue weighted by Gasteiger charge is 2.18. The van der Waals surface area contributed by atoms with Crippen LogP contribution in [0.25, 0.3) is 17.0 Å². The fourth-order valence-electron chi connectivity index (χ4n) is 2.68. The van der Waals surface area contributed by atoms with Crippen molar-refractivity contribution >= 4 is 33.2 Å². The van der Waals surface area contributed by atoms with E-state index >= 15 is 0 Å². The Balaban J connectivity index is 1.73. The second-order valence-electron chi connectivity index (χ2n) is 5.78. The van der Waals surface area contributed by atoms with Crippen LogP contribution in [0.5, 0.6) is 5.75 Å². The number of nitrogens with one attached hydrogen (secondary N) is 1. The molecular formula is C18H15BrN6O2. The minimum atomic E-state index is -0.439. The summed E-state index contributed by atoms with van der Waals surface area (Å²) < 4.78 is 4.21. The van der Waals surface area contributed by atoms with E-state index in [0.717, 1.165) is 11.0 Å². The minimum Gasteiger partial charge on any atom is -0.506 e. The summed E-state index contributed by atoms with van der Waals surface area (Å²) in [5, 5.41) is 21.4. The molecule has 3 heterocycles. The van der Waals surface area contributed by atoms with E-state index in [1.54, 1.807) is 45.7 Å². The van der Waals surface area contributed by atoms with Crippen LogP contribution in [-0.4, -0.2) is 35.4 Å². The van der Waals surface area contributed by atoms with Crippen molar-refractivity contribution in [2.24, 2.45) is 0 Å². The largest absolute Gasteiger partial charge is 0.506 e. The van der Waals surface area contributed by atoms with Crippen molar-refractivity contribution in [1.82, 2.24) is 24.4 Å². The number of rotatable bonds is 4. The molecule has 0 radical (unpaired) electrons. The molecule has 1 amide bonds. The van der Waals surface area contributed by atoms with Crippen molar-refractivity contribution in [1.29, 1.82) is 0 Å². The van der Waals surface area contributed by atoms with Crippen LogP contribution in [0.15, 0.2) is 53.3 Å². The molecule has 1 aromatic carbocycles. The lowest BCUT2D eigenvalue weighted by atomic mass is 10.3. The van der Waals surface area contributed by atoms with Crippen LogP contribution >= 0.6 is 15.9 Å². The van der Waals surface area contributed by atoms with Crippen molar-refractivity contribution in [3.63, 3.8) is 0 Å². The normalized spacial score (nSPS) is 11.0. The molecule has 27 heavy (non-hydrogen) atoms. The SMILES string of the molecule is CCn1cc(Br)c(-c2ccnc3cc(C(=O)Nc4ccccc4O)nn23)n1. The van der Waals surface area contributed by atoms with Gasteiger partial charge in [0.05, 0.1) is 15.9 Å².